The summed E-state index contributed by atoms with van der Waals surface area (Å²) in [4.78, 5) is 14.5. The van der Waals surface area contributed by atoms with E-state index < -0.39 is 0 Å². The molecule has 1 aliphatic heterocycles. The summed E-state index contributed by atoms with van der Waals surface area (Å²) in [6, 6.07) is 0.0821. The maximum Gasteiger partial charge on any atom is 0.228 e. The van der Waals surface area contributed by atoms with Gasteiger partial charge in [-0.2, -0.15) is 0 Å². The molecule has 0 aromatic heterocycles. The molecular formula is C12H22N2O2. The van der Waals surface area contributed by atoms with Gasteiger partial charge in [0.2, 0.25) is 5.91 Å². The van der Waals surface area contributed by atoms with Crippen LogP contribution in [0, 0.1) is 5.41 Å². The number of nitrogens with two attached hydrogens (primary N) is 1. The van der Waals surface area contributed by atoms with E-state index in [0.29, 0.717) is 32.2 Å². The van der Waals surface area contributed by atoms with Gasteiger partial charge >= 0.3 is 0 Å². The van der Waals surface area contributed by atoms with Crippen molar-refractivity contribution in [1.82, 2.24) is 4.90 Å². The molecule has 1 unspecified atom stereocenters. The Hall–Kier alpha value is -0.610. The third-order valence-corrected chi connectivity index (χ3v) is 3.98. The first-order chi connectivity index (χ1) is 7.67. The minimum absolute atomic E-state index is 0.0821. The second kappa shape index (κ2) is 4.72. The lowest BCUT2D eigenvalue weighted by molar-refractivity contribution is -0.149. The van der Waals surface area contributed by atoms with E-state index in [0.717, 1.165) is 12.8 Å². The maximum atomic E-state index is 12.5. The van der Waals surface area contributed by atoms with Gasteiger partial charge in [-0.3, -0.25) is 4.79 Å². The minimum Gasteiger partial charge on any atom is -0.377 e. The van der Waals surface area contributed by atoms with Crippen molar-refractivity contribution in [1.29, 1.82) is 0 Å². The van der Waals surface area contributed by atoms with E-state index in [1.165, 1.54) is 12.8 Å². The van der Waals surface area contributed by atoms with Crippen LogP contribution in [0.15, 0.2) is 0 Å². The molecule has 4 heteroatoms. The van der Waals surface area contributed by atoms with Crippen molar-refractivity contribution in [3.8, 4) is 0 Å². The molecule has 2 N–H and O–H groups in total. The molecule has 2 fully saturated rings. The minimum atomic E-state index is -0.134. The highest BCUT2D eigenvalue weighted by Crippen LogP contribution is 2.39. The number of carbonyl (C=O) groups excluding carboxylic acids is 1. The molecular weight excluding hydrogens is 204 g/mol. The van der Waals surface area contributed by atoms with Crippen molar-refractivity contribution in [2.45, 2.75) is 38.6 Å². The Morgan fingerprint density at radius 3 is 2.81 bits per heavy atom. The highest BCUT2D eigenvalue weighted by atomic mass is 16.5. The number of rotatable bonds is 2. The molecule has 0 spiro atoms. The Morgan fingerprint density at radius 2 is 2.19 bits per heavy atom. The van der Waals surface area contributed by atoms with Crippen molar-refractivity contribution in [3.05, 3.63) is 0 Å². The molecule has 0 bridgehead atoms. The third kappa shape index (κ3) is 2.09. The van der Waals surface area contributed by atoms with Gasteiger partial charge in [0.05, 0.1) is 19.3 Å². The van der Waals surface area contributed by atoms with Gasteiger partial charge in [-0.05, 0) is 12.8 Å². The van der Waals surface area contributed by atoms with Crippen LogP contribution in [0.4, 0.5) is 0 Å². The summed E-state index contributed by atoms with van der Waals surface area (Å²) in [7, 11) is 0. The van der Waals surface area contributed by atoms with Crippen LogP contribution in [0.3, 0.4) is 0 Å². The summed E-state index contributed by atoms with van der Waals surface area (Å²) in [5.74, 6) is 0.295. The lowest BCUT2D eigenvalue weighted by atomic mass is 9.86. The van der Waals surface area contributed by atoms with Gasteiger partial charge in [0.15, 0.2) is 0 Å². The normalized spacial score (nSPS) is 29.4. The highest BCUT2D eigenvalue weighted by Gasteiger charge is 2.41. The zero-order chi connectivity index (χ0) is 11.6. The fourth-order valence-electron chi connectivity index (χ4n) is 2.83. The summed E-state index contributed by atoms with van der Waals surface area (Å²) in [6.07, 6.45) is 4.42. The van der Waals surface area contributed by atoms with E-state index in [-0.39, 0.29) is 11.5 Å². The summed E-state index contributed by atoms with van der Waals surface area (Å²) in [6.45, 7) is 4.56. The second-order valence-corrected chi connectivity index (χ2v) is 5.23. The number of amides is 1. The van der Waals surface area contributed by atoms with Gasteiger partial charge in [0, 0.05) is 18.5 Å². The summed E-state index contributed by atoms with van der Waals surface area (Å²) >= 11 is 0. The molecule has 1 heterocycles. The predicted molar refractivity (Wildman–Crippen MR) is 61.9 cm³/mol. The molecule has 0 aromatic carbocycles. The molecule has 2 aliphatic rings. The molecule has 1 saturated carbocycles. The molecule has 92 valence electrons. The molecule has 16 heavy (non-hydrogen) atoms. The number of morpholine rings is 1. The predicted octanol–water partition coefficient (Wildman–Crippen LogP) is 0.753. The van der Waals surface area contributed by atoms with Crippen LogP contribution in [-0.4, -0.2) is 43.2 Å². The topological polar surface area (TPSA) is 55.6 Å². The Labute approximate surface area is 97.1 Å². The van der Waals surface area contributed by atoms with Crippen LogP contribution < -0.4 is 5.73 Å². The lowest BCUT2D eigenvalue weighted by Gasteiger charge is -2.39. The van der Waals surface area contributed by atoms with Crippen molar-refractivity contribution < 1.29 is 9.53 Å². The average Bonchev–Trinajstić information content (AvgIpc) is 2.76. The Kier molecular flexibility index (Phi) is 3.50. The van der Waals surface area contributed by atoms with Crippen LogP contribution in [0.5, 0.6) is 0 Å². The van der Waals surface area contributed by atoms with E-state index in [2.05, 4.69) is 6.92 Å². The van der Waals surface area contributed by atoms with E-state index in [9.17, 15) is 4.79 Å². The fraction of sp³-hybridized carbons (Fsp3) is 0.917. The largest absolute Gasteiger partial charge is 0.377 e. The zero-order valence-electron chi connectivity index (χ0n) is 10.1. The molecule has 1 amide bonds. The Morgan fingerprint density at radius 1 is 1.50 bits per heavy atom. The summed E-state index contributed by atoms with van der Waals surface area (Å²) in [5.41, 5.74) is 5.57. The van der Waals surface area contributed by atoms with Gasteiger partial charge in [-0.1, -0.05) is 19.8 Å². The molecule has 2 rings (SSSR count). The van der Waals surface area contributed by atoms with Crippen molar-refractivity contribution in [2.75, 3.05) is 26.3 Å². The van der Waals surface area contributed by atoms with E-state index in [1.807, 2.05) is 4.90 Å². The second-order valence-electron chi connectivity index (χ2n) is 5.23. The van der Waals surface area contributed by atoms with E-state index >= 15 is 0 Å². The van der Waals surface area contributed by atoms with Gasteiger partial charge in [0.25, 0.3) is 0 Å². The van der Waals surface area contributed by atoms with Crippen molar-refractivity contribution in [3.63, 3.8) is 0 Å². The number of nitrogens with zero attached hydrogens (tertiary/aromatic N) is 1. The van der Waals surface area contributed by atoms with Crippen LogP contribution in [0.25, 0.3) is 0 Å². The van der Waals surface area contributed by atoms with E-state index in [4.69, 9.17) is 10.5 Å². The number of carbonyl (C=O) groups is 1. The van der Waals surface area contributed by atoms with Gasteiger partial charge < -0.3 is 15.4 Å². The van der Waals surface area contributed by atoms with E-state index in [1.54, 1.807) is 0 Å². The van der Waals surface area contributed by atoms with Gasteiger partial charge in [-0.15, -0.1) is 0 Å². The van der Waals surface area contributed by atoms with Crippen molar-refractivity contribution in [2.24, 2.45) is 11.1 Å². The Bertz CT molecular complexity index is 262. The monoisotopic (exact) mass is 226 g/mol. The number of ether oxygens (including phenoxy) is 1. The molecule has 1 saturated heterocycles. The SMILES string of the molecule is CC1(C(=O)N2CCOCC2CN)CCCC1. The third-order valence-electron chi connectivity index (χ3n) is 3.98. The molecule has 1 aliphatic carbocycles. The van der Waals surface area contributed by atoms with Gasteiger partial charge in [-0.25, -0.2) is 0 Å². The van der Waals surface area contributed by atoms with Crippen LogP contribution in [-0.2, 0) is 9.53 Å². The molecule has 0 radical (unpaired) electrons. The maximum absolute atomic E-state index is 12.5. The lowest BCUT2D eigenvalue weighted by Crippen LogP contribution is -2.55. The summed E-state index contributed by atoms with van der Waals surface area (Å²) in [5, 5.41) is 0. The first-order valence-electron chi connectivity index (χ1n) is 6.26. The van der Waals surface area contributed by atoms with Crippen LogP contribution >= 0.6 is 0 Å². The quantitative estimate of drug-likeness (QED) is 0.756. The standard InChI is InChI=1S/C12H22N2O2/c1-12(4-2-3-5-12)11(15)14-6-7-16-9-10(14)8-13/h10H,2-9,13H2,1H3. The Balaban J connectivity index is 2.07. The fourth-order valence-corrected chi connectivity index (χ4v) is 2.83. The molecule has 4 nitrogen and oxygen atoms in total. The highest BCUT2D eigenvalue weighted by molar-refractivity contribution is 5.83. The zero-order valence-corrected chi connectivity index (χ0v) is 10.1. The molecule has 0 aromatic rings. The first-order valence-corrected chi connectivity index (χ1v) is 6.26. The molecule has 1 atom stereocenters. The van der Waals surface area contributed by atoms with Crippen molar-refractivity contribution >= 4 is 5.91 Å². The average molecular weight is 226 g/mol. The number of hydrogen-bond acceptors (Lipinski definition) is 3. The van der Waals surface area contributed by atoms with Gasteiger partial charge in [0.1, 0.15) is 0 Å². The summed E-state index contributed by atoms with van der Waals surface area (Å²) < 4.78 is 5.38. The van der Waals surface area contributed by atoms with Crippen LogP contribution in [0.2, 0.25) is 0 Å². The number of hydrogen-bond donors (Lipinski definition) is 1. The van der Waals surface area contributed by atoms with Crippen LogP contribution in [0.1, 0.15) is 32.6 Å². The smallest absolute Gasteiger partial charge is 0.228 e. The first kappa shape index (κ1) is 11.9.